The summed E-state index contributed by atoms with van der Waals surface area (Å²) < 4.78 is 6.21. The Balaban J connectivity index is 1.36. The van der Waals surface area contributed by atoms with Crippen LogP contribution in [0.5, 0.6) is 0 Å². The van der Waals surface area contributed by atoms with E-state index >= 15 is 0 Å². The van der Waals surface area contributed by atoms with Gasteiger partial charge in [0.1, 0.15) is 5.60 Å². The quantitative estimate of drug-likeness (QED) is 0.860. The number of aromatic nitrogens is 1. The average molecular weight is 342 g/mol. The average Bonchev–Trinajstić information content (AvgIpc) is 3.12. The maximum atomic E-state index is 12.5. The fourth-order valence-electron chi connectivity index (χ4n) is 3.80. The second-order valence-corrected chi connectivity index (χ2v) is 7.52. The van der Waals surface area contributed by atoms with Crippen LogP contribution in [0.3, 0.4) is 0 Å². The summed E-state index contributed by atoms with van der Waals surface area (Å²) in [5.74, 6) is 0.254. The molecule has 0 radical (unpaired) electrons. The van der Waals surface area contributed by atoms with Gasteiger partial charge in [-0.1, -0.05) is 0 Å². The molecule has 0 bridgehead atoms. The molecule has 0 aromatic carbocycles. The molecule has 0 N–H and O–H groups in total. The highest BCUT2D eigenvalue weighted by Crippen LogP contribution is 2.44. The molecule has 1 spiro atoms. The van der Waals surface area contributed by atoms with Gasteiger partial charge in [0.25, 0.3) is 0 Å². The smallest absolute Gasteiger partial charge is 0.222 e. The van der Waals surface area contributed by atoms with Crippen molar-refractivity contribution in [3.63, 3.8) is 0 Å². The summed E-state index contributed by atoms with van der Waals surface area (Å²) in [5.41, 5.74) is 2.48. The number of thiophene rings is 1. The van der Waals surface area contributed by atoms with Gasteiger partial charge in [-0.05, 0) is 60.4 Å². The van der Waals surface area contributed by atoms with Gasteiger partial charge in [-0.2, -0.15) is 0 Å². The molecule has 1 amide bonds. The van der Waals surface area contributed by atoms with Crippen molar-refractivity contribution in [1.29, 1.82) is 0 Å². The first-order valence-electron chi connectivity index (χ1n) is 8.64. The van der Waals surface area contributed by atoms with E-state index in [1.807, 2.05) is 28.4 Å². The number of pyridine rings is 1. The third-order valence-electron chi connectivity index (χ3n) is 5.21. The standard InChI is InChI=1S/C19H22N2O2S/c22-17(2-1-15-3-9-20-10-4-15)21-11-7-19(8-12-21)18-16(5-13-23-19)6-14-24-18/h3-4,6,9-10,14H,1-2,5,7-8,11-13H2. The molecular formula is C19H22N2O2S. The number of carbonyl (C=O) groups excluding carboxylic acids is 1. The molecule has 24 heavy (non-hydrogen) atoms. The molecule has 0 saturated carbocycles. The summed E-state index contributed by atoms with van der Waals surface area (Å²) in [4.78, 5) is 19.9. The SMILES string of the molecule is O=C(CCc1ccncc1)N1CCC2(CC1)OCCc1ccsc12. The van der Waals surface area contributed by atoms with Crippen molar-refractivity contribution in [3.8, 4) is 0 Å². The van der Waals surface area contributed by atoms with Crippen LogP contribution in [-0.2, 0) is 28.0 Å². The van der Waals surface area contributed by atoms with Crippen molar-refractivity contribution in [2.24, 2.45) is 0 Å². The Kier molecular flexibility index (Phi) is 4.37. The zero-order valence-electron chi connectivity index (χ0n) is 13.7. The Morgan fingerprint density at radius 2 is 2.04 bits per heavy atom. The van der Waals surface area contributed by atoms with E-state index in [1.165, 1.54) is 16.0 Å². The Labute approximate surface area is 146 Å². The number of fused-ring (bicyclic) bond motifs is 2. The second-order valence-electron chi connectivity index (χ2n) is 6.60. The van der Waals surface area contributed by atoms with Gasteiger partial charge in [0, 0.05) is 36.8 Å². The van der Waals surface area contributed by atoms with Crippen LogP contribution in [-0.4, -0.2) is 35.5 Å². The molecule has 4 nitrogen and oxygen atoms in total. The molecule has 0 unspecified atom stereocenters. The maximum absolute atomic E-state index is 12.5. The number of ether oxygens (including phenoxy) is 1. The van der Waals surface area contributed by atoms with E-state index in [0.29, 0.717) is 6.42 Å². The van der Waals surface area contributed by atoms with E-state index < -0.39 is 0 Å². The largest absolute Gasteiger partial charge is 0.369 e. The normalized spacial score (nSPS) is 19.2. The first-order chi connectivity index (χ1) is 11.8. The summed E-state index contributed by atoms with van der Waals surface area (Å²) in [6.45, 7) is 2.40. The van der Waals surface area contributed by atoms with Gasteiger partial charge in [0.05, 0.1) is 6.61 Å². The van der Waals surface area contributed by atoms with E-state index in [4.69, 9.17) is 4.74 Å². The van der Waals surface area contributed by atoms with Crippen LogP contribution in [0.4, 0.5) is 0 Å². The lowest BCUT2D eigenvalue weighted by Gasteiger charge is -2.43. The summed E-state index contributed by atoms with van der Waals surface area (Å²) in [6.07, 6.45) is 7.78. The van der Waals surface area contributed by atoms with Crippen LogP contribution in [0.15, 0.2) is 36.0 Å². The predicted molar refractivity (Wildman–Crippen MR) is 94.0 cm³/mol. The van der Waals surface area contributed by atoms with Gasteiger partial charge in [-0.3, -0.25) is 9.78 Å². The summed E-state index contributed by atoms with van der Waals surface area (Å²) in [7, 11) is 0. The van der Waals surface area contributed by atoms with Crippen LogP contribution in [0.1, 0.15) is 35.3 Å². The fourth-order valence-corrected chi connectivity index (χ4v) is 4.97. The molecule has 0 atom stereocenters. The Morgan fingerprint density at radius 1 is 1.25 bits per heavy atom. The van der Waals surface area contributed by atoms with Crippen molar-refractivity contribution in [2.75, 3.05) is 19.7 Å². The molecule has 5 heteroatoms. The number of hydrogen-bond donors (Lipinski definition) is 0. The number of aryl methyl sites for hydroxylation is 1. The summed E-state index contributed by atoms with van der Waals surface area (Å²) in [5, 5.41) is 2.17. The van der Waals surface area contributed by atoms with Gasteiger partial charge >= 0.3 is 0 Å². The van der Waals surface area contributed by atoms with Crippen LogP contribution in [0.2, 0.25) is 0 Å². The maximum Gasteiger partial charge on any atom is 0.222 e. The monoisotopic (exact) mass is 342 g/mol. The summed E-state index contributed by atoms with van der Waals surface area (Å²) in [6, 6.07) is 6.19. The van der Waals surface area contributed by atoms with Crippen molar-refractivity contribution >= 4 is 17.2 Å². The predicted octanol–water partition coefficient (Wildman–Crippen LogP) is 3.17. The molecule has 2 aromatic rings. The van der Waals surface area contributed by atoms with E-state index in [9.17, 15) is 4.79 Å². The lowest BCUT2D eigenvalue weighted by Crippen LogP contribution is -2.47. The van der Waals surface area contributed by atoms with E-state index in [0.717, 1.165) is 45.4 Å². The second kappa shape index (κ2) is 6.65. The van der Waals surface area contributed by atoms with Crippen molar-refractivity contribution in [2.45, 2.75) is 37.7 Å². The van der Waals surface area contributed by atoms with Gasteiger partial charge in [-0.15, -0.1) is 11.3 Å². The fraction of sp³-hybridized carbons (Fsp3) is 0.474. The van der Waals surface area contributed by atoms with Gasteiger partial charge in [-0.25, -0.2) is 0 Å². The highest BCUT2D eigenvalue weighted by molar-refractivity contribution is 7.10. The molecule has 1 saturated heterocycles. The van der Waals surface area contributed by atoms with E-state index in [-0.39, 0.29) is 11.5 Å². The minimum atomic E-state index is -0.135. The molecule has 2 aromatic heterocycles. The molecule has 4 heterocycles. The van der Waals surface area contributed by atoms with Crippen LogP contribution >= 0.6 is 11.3 Å². The zero-order chi connectivity index (χ0) is 16.4. The van der Waals surface area contributed by atoms with Gasteiger partial charge < -0.3 is 9.64 Å². The number of amides is 1. The number of carbonyl (C=O) groups is 1. The number of hydrogen-bond acceptors (Lipinski definition) is 4. The zero-order valence-corrected chi connectivity index (χ0v) is 14.6. The summed E-state index contributed by atoms with van der Waals surface area (Å²) >= 11 is 1.81. The first kappa shape index (κ1) is 15.8. The highest BCUT2D eigenvalue weighted by atomic mass is 32.1. The number of nitrogens with zero attached hydrogens (tertiary/aromatic N) is 2. The van der Waals surface area contributed by atoms with Crippen LogP contribution in [0.25, 0.3) is 0 Å². The third-order valence-corrected chi connectivity index (χ3v) is 6.35. The van der Waals surface area contributed by atoms with Crippen molar-refractivity contribution in [1.82, 2.24) is 9.88 Å². The minimum Gasteiger partial charge on any atom is -0.369 e. The molecule has 2 aliphatic rings. The number of piperidine rings is 1. The molecule has 4 rings (SSSR count). The number of likely N-dealkylation sites (tertiary alicyclic amines) is 1. The van der Waals surface area contributed by atoms with Gasteiger partial charge in [0.2, 0.25) is 5.91 Å². The molecule has 1 fully saturated rings. The van der Waals surface area contributed by atoms with Gasteiger partial charge in [0.15, 0.2) is 0 Å². The Hall–Kier alpha value is -1.72. The van der Waals surface area contributed by atoms with Crippen molar-refractivity contribution < 1.29 is 9.53 Å². The highest BCUT2D eigenvalue weighted by Gasteiger charge is 2.42. The number of rotatable bonds is 3. The van der Waals surface area contributed by atoms with E-state index in [2.05, 4.69) is 16.4 Å². The van der Waals surface area contributed by atoms with Crippen LogP contribution in [0, 0.1) is 0 Å². The third kappa shape index (κ3) is 2.98. The minimum absolute atomic E-state index is 0.135. The topological polar surface area (TPSA) is 42.4 Å². The van der Waals surface area contributed by atoms with E-state index in [1.54, 1.807) is 12.4 Å². The Morgan fingerprint density at radius 3 is 2.83 bits per heavy atom. The van der Waals surface area contributed by atoms with Crippen molar-refractivity contribution in [3.05, 3.63) is 52.0 Å². The lowest BCUT2D eigenvalue weighted by molar-refractivity contribution is -0.140. The molecule has 2 aliphatic heterocycles. The lowest BCUT2D eigenvalue weighted by atomic mass is 9.85. The molecule has 0 aliphatic carbocycles. The van der Waals surface area contributed by atoms with Crippen LogP contribution < -0.4 is 0 Å². The Bertz CT molecular complexity index is 705. The first-order valence-corrected chi connectivity index (χ1v) is 9.52. The molecular weight excluding hydrogens is 320 g/mol. The molecule has 126 valence electrons.